The predicted molar refractivity (Wildman–Crippen MR) is 85.0 cm³/mol. The molecule has 2 aromatic rings. The van der Waals surface area contributed by atoms with E-state index in [9.17, 15) is 9.59 Å². The molecule has 0 bridgehead atoms. The molecule has 3 N–H and O–H groups in total. The minimum Gasteiger partial charge on any atom is -0.376 e. The average Bonchev–Trinajstić information content (AvgIpc) is 3.22. The van der Waals surface area contributed by atoms with Gasteiger partial charge in [-0.05, 0) is 30.7 Å². The molecule has 1 fully saturated rings. The molecule has 0 saturated carbocycles. The average molecular weight is 311 g/mol. The van der Waals surface area contributed by atoms with E-state index in [0.29, 0.717) is 18.7 Å². The molecule has 1 atom stereocenters. The summed E-state index contributed by atoms with van der Waals surface area (Å²) in [6.07, 6.45) is 0.844. The van der Waals surface area contributed by atoms with Crippen LogP contribution in [-0.4, -0.2) is 40.6 Å². The molecule has 7 nitrogen and oxygen atoms in total. The van der Waals surface area contributed by atoms with Gasteiger partial charge in [0.1, 0.15) is 0 Å². The van der Waals surface area contributed by atoms with Crippen LogP contribution in [-0.2, 0) is 4.79 Å². The lowest BCUT2D eigenvalue weighted by atomic mass is 10.1. The van der Waals surface area contributed by atoms with Gasteiger partial charge in [-0.1, -0.05) is 0 Å². The molecule has 1 aliphatic heterocycles. The zero-order chi connectivity index (χ0) is 16.2. The van der Waals surface area contributed by atoms with Gasteiger partial charge in [0.15, 0.2) is 0 Å². The fourth-order valence-electron chi connectivity index (χ4n) is 2.76. The largest absolute Gasteiger partial charge is 0.376 e. The third-order valence-corrected chi connectivity index (χ3v) is 4.06. The van der Waals surface area contributed by atoms with Crippen molar-refractivity contribution in [2.24, 2.45) is 0 Å². The number of benzene rings is 1. The van der Waals surface area contributed by atoms with Gasteiger partial charge in [0, 0.05) is 36.5 Å². The summed E-state index contributed by atoms with van der Waals surface area (Å²) in [5.74, 6) is 0.197. The number of aromatic amines is 2. The van der Waals surface area contributed by atoms with Gasteiger partial charge < -0.3 is 15.3 Å². The lowest BCUT2D eigenvalue weighted by Gasteiger charge is -2.17. The van der Waals surface area contributed by atoms with Gasteiger partial charge in [-0.2, -0.15) is 5.26 Å². The van der Waals surface area contributed by atoms with E-state index in [4.69, 9.17) is 5.26 Å². The summed E-state index contributed by atoms with van der Waals surface area (Å²) in [4.78, 5) is 25.2. The Bertz CT molecular complexity index is 784. The maximum Gasteiger partial charge on any atom is 0.264 e. The van der Waals surface area contributed by atoms with Crippen molar-refractivity contribution in [3.05, 3.63) is 51.9 Å². The van der Waals surface area contributed by atoms with Crippen LogP contribution in [0.4, 0.5) is 5.69 Å². The first-order chi connectivity index (χ1) is 11.2. The molecule has 0 aliphatic carbocycles. The SMILES string of the molecule is N#Cc1ccc(NCC(=O)N2CC[C@H](c3cc(=O)[nH][nH]3)C2)cc1. The number of carbonyl (C=O) groups is 1. The second-order valence-corrected chi connectivity index (χ2v) is 5.58. The molecule has 0 unspecified atom stereocenters. The van der Waals surface area contributed by atoms with Crippen LogP contribution in [0, 0.1) is 11.3 Å². The highest BCUT2D eigenvalue weighted by atomic mass is 16.2. The normalized spacial score (nSPS) is 17.0. The van der Waals surface area contributed by atoms with Crippen LogP contribution in [0.3, 0.4) is 0 Å². The Morgan fingerprint density at radius 3 is 2.78 bits per heavy atom. The smallest absolute Gasteiger partial charge is 0.264 e. The van der Waals surface area contributed by atoms with Crippen LogP contribution in [0.1, 0.15) is 23.6 Å². The lowest BCUT2D eigenvalue weighted by molar-refractivity contribution is -0.128. The second-order valence-electron chi connectivity index (χ2n) is 5.58. The van der Waals surface area contributed by atoms with Crippen LogP contribution in [0.25, 0.3) is 0 Å². The number of anilines is 1. The minimum atomic E-state index is -0.146. The summed E-state index contributed by atoms with van der Waals surface area (Å²) in [5, 5.41) is 17.2. The molecule has 1 aliphatic rings. The van der Waals surface area contributed by atoms with Gasteiger partial charge in [-0.3, -0.25) is 14.7 Å². The minimum absolute atomic E-state index is 0.0229. The van der Waals surface area contributed by atoms with Crippen molar-refractivity contribution >= 4 is 11.6 Å². The van der Waals surface area contributed by atoms with E-state index in [1.165, 1.54) is 0 Å². The quantitative estimate of drug-likeness (QED) is 0.783. The molecule has 2 heterocycles. The fraction of sp³-hybridized carbons (Fsp3) is 0.312. The fourth-order valence-corrected chi connectivity index (χ4v) is 2.76. The van der Waals surface area contributed by atoms with Crippen molar-refractivity contribution in [1.29, 1.82) is 5.26 Å². The van der Waals surface area contributed by atoms with Crippen LogP contribution in [0.15, 0.2) is 35.1 Å². The Morgan fingerprint density at radius 1 is 1.35 bits per heavy atom. The molecule has 118 valence electrons. The van der Waals surface area contributed by atoms with E-state index in [1.807, 2.05) is 0 Å². The number of rotatable bonds is 4. The van der Waals surface area contributed by atoms with E-state index in [1.54, 1.807) is 35.2 Å². The Morgan fingerprint density at radius 2 is 2.13 bits per heavy atom. The van der Waals surface area contributed by atoms with Crippen molar-refractivity contribution in [3.63, 3.8) is 0 Å². The van der Waals surface area contributed by atoms with Crippen molar-refractivity contribution < 1.29 is 4.79 Å². The molecule has 1 aromatic carbocycles. The van der Waals surface area contributed by atoms with Gasteiger partial charge in [-0.25, -0.2) is 0 Å². The van der Waals surface area contributed by atoms with E-state index < -0.39 is 0 Å². The number of likely N-dealkylation sites (tertiary alicyclic amines) is 1. The number of amides is 1. The Labute approximate surface area is 132 Å². The van der Waals surface area contributed by atoms with Crippen LogP contribution in [0.2, 0.25) is 0 Å². The monoisotopic (exact) mass is 311 g/mol. The summed E-state index contributed by atoms with van der Waals surface area (Å²) in [7, 11) is 0. The van der Waals surface area contributed by atoms with Crippen LogP contribution in [0.5, 0.6) is 0 Å². The highest BCUT2D eigenvalue weighted by Crippen LogP contribution is 2.24. The summed E-state index contributed by atoms with van der Waals surface area (Å²) in [5.41, 5.74) is 2.10. The van der Waals surface area contributed by atoms with Crippen molar-refractivity contribution in [2.45, 2.75) is 12.3 Å². The van der Waals surface area contributed by atoms with Crippen molar-refractivity contribution in [3.8, 4) is 6.07 Å². The van der Waals surface area contributed by atoms with Gasteiger partial charge in [0.05, 0.1) is 18.2 Å². The van der Waals surface area contributed by atoms with Crippen LogP contribution >= 0.6 is 0 Å². The molecular formula is C16H17N5O2. The number of nitrogens with zero attached hydrogens (tertiary/aromatic N) is 2. The lowest BCUT2D eigenvalue weighted by Crippen LogP contribution is -2.33. The highest BCUT2D eigenvalue weighted by molar-refractivity contribution is 5.81. The Balaban J connectivity index is 1.53. The predicted octanol–water partition coefficient (Wildman–Crippen LogP) is 1.00. The molecule has 1 amide bonds. The van der Waals surface area contributed by atoms with E-state index in [-0.39, 0.29) is 23.9 Å². The Hall–Kier alpha value is -3.01. The second kappa shape index (κ2) is 6.40. The van der Waals surface area contributed by atoms with E-state index in [0.717, 1.165) is 17.8 Å². The topological polar surface area (TPSA) is 105 Å². The molecule has 0 radical (unpaired) electrons. The van der Waals surface area contributed by atoms with Crippen molar-refractivity contribution in [2.75, 3.05) is 25.0 Å². The third-order valence-electron chi connectivity index (χ3n) is 4.06. The van der Waals surface area contributed by atoms with Gasteiger partial charge >= 0.3 is 0 Å². The number of carbonyl (C=O) groups excluding carboxylic acids is 1. The van der Waals surface area contributed by atoms with E-state index in [2.05, 4.69) is 21.6 Å². The van der Waals surface area contributed by atoms with Gasteiger partial charge in [-0.15, -0.1) is 0 Å². The van der Waals surface area contributed by atoms with Gasteiger partial charge in [0.2, 0.25) is 5.91 Å². The zero-order valence-electron chi connectivity index (χ0n) is 12.5. The maximum absolute atomic E-state index is 12.3. The number of aromatic nitrogens is 2. The molecule has 1 aromatic heterocycles. The van der Waals surface area contributed by atoms with Crippen molar-refractivity contribution in [1.82, 2.24) is 15.1 Å². The summed E-state index contributed by atoms with van der Waals surface area (Å²) in [6.45, 7) is 1.51. The number of H-pyrrole nitrogens is 2. The first-order valence-electron chi connectivity index (χ1n) is 7.45. The molecule has 1 saturated heterocycles. The standard InChI is InChI=1S/C16H17N5O2/c17-8-11-1-3-13(4-2-11)18-9-16(23)21-6-5-12(10-21)14-7-15(22)20-19-14/h1-4,7,12,18H,5-6,9-10H2,(H2,19,20,22)/t12-/m0/s1. The third kappa shape index (κ3) is 3.43. The summed E-state index contributed by atoms with van der Waals surface area (Å²) < 4.78 is 0. The summed E-state index contributed by atoms with van der Waals surface area (Å²) in [6, 6.07) is 10.6. The molecular weight excluding hydrogens is 294 g/mol. The molecule has 23 heavy (non-hydrogen) atoms. The Kier molecular flexibility index (Phi) is 4.15. The first kappa shape index (κ1) is 14.9. The molecule has 7 heteroatoms. The highest BCUT2D eigenvalue weighted by Gasteiger charge is 2.28. The zero-order valence-corrected chi connectivity index (χ0v) is 12.5. The number of nitrogens with one attached hydrogen (secondary N) is 3. The van der Waals surface area contributed by atoms with Gasteiger partial charge in [0.25, 0.3) is 5.56 Å². The van der Waals surface area contributed by atoms with Crippen LogP contribution < -0.4 is 10.9 Å². The van der Waals surface area contributed by atoms with E-state index >= 15 is 0 Å². The number of nitriles is 1. The number of hydrogen-bond acceptors (Lipinski definition) is 4. The molecule has 0 spiro atoms. The summed E-state index contributed by atoms with van der Waals surface area (Å²) >= 11 is 0. The maximum atomic E-state index is 12.3. The first-order valence-corrected chi connectivity index (χ1v) is 7.45. The number of hydrogen-bond donors (Lipinski definition) is 3. The molecule has 3 rings (SSSR count).